The second-order valence-electron chi connectivity index (χ2n) is 4.00. The second kappa shape index (κ2) is 6.35. The predicted molar refractivity (Wildman–Crippen MR) is 71.4 cm³/mol. The summed E-state index contributed by atoms with van der Waals surface area (Å²) in [5.74, 6) is 0. The number of benzene rings is 1. The molecule has 19 heavy (non-hydrogen) atoms. The zero-order valence-electron chi connectivity index (χ0n) is 10.5. The summed E-state index contributed by atoms with van der Waals surface area (Å²) in [5, 5.41) is 22.0. The van der Waals surface area contributed by atoms with Gasteiger partial charge < -0.3 is 15.3 Å². The summed E-state index contributed by atoms with van der Waals surface area (Å²) in [4.78, 5) is 23.1. The molecular weight excluding hydrogens is 274 g/mol. The maximum atomic E-state index is 11.8. The van der Waals surface area contributed by atoms with Gasteiger partial charge >= 0.3 is 6.03 Å². The van der Waals surface area contributed by atoms with Crippen LogP contribution >= 0.6 is 11.6 Å². The SMILES string of the molecule is CC(CO)N(C)C(=O)Nc1ccc([N+](=O)[O-])c(Cl)c1. The maximum Gasteiger partial charge on any atom is 0.321 e. The number of carbonyl (C=O) groups is 1. The van der Waals surface area contributed by atoms with Crippen molar-refractivity contribution in [2.45, 2.75) is 13.0 Å². The number of urea groups is 1. The summed E-state index contributed by atoms with van der Waals surface area (Å²) in [6.07, 6.45) is 0. The number of nitrogens with one attached hydrogen (secondary N) is 1. The molecular formula is C11H14ClN3O4. The molecule has 1 atom stereocenters. The molecule has 0 aliphatic heterocycles. The number of hydrogen-bond donors (Lipinski definition) is 2. The highest BCUT2D eigenvalue weighted by molar-refractivity contribution is 6.33. The van der Waals surface area contributed by atoms with E-state index in [1.807, 2.05) is 0 Å². The molecule has 0 fully saturated rings. The maximum absolute atomic E-state index is 11.8. The predicted octanol–water partition coefficient (Wildman–Crippen LogP) is 2.09. The molecule has 0 aliphatic carbocycles. The topological polar surface area (TPSA) is 95.7 Å². The molecule has 0 aromatic heterocycles. The normalized spacial score (nSPS) is 11.8. The van der Waals surface area contributed by atoms with E-state index in [-0.39, 0.29) is 23.4 Å². The Morgan fingerprint density at radius 2 is 2.26 bits per heavy atom. The molecule has 1 aromatic rings. The highest BCUT2D eigenvalue weighted by Gasteiger charge is 2.17. The smallest absolute Gasteiger partial charge is 0.321 e. The summed E-state index contributed by atoms with van der Waals surface area (Å²) < 4.78 is 0. The van der Waals surface area contributed by atoms with Gasteiger partial charge in [-0.15, -0.1) is 0 Å². The zero-order chi connectivity index (χ0) is 14.6. The van der Waals surface area contributed by atoms with Crippen molar-refractivity contribution in [1.82, 2.24) is 4.90 Å². The van der Waals surface area contributed by atoms with Gasteiger partial charge in [0.2, 0.25) is 0 Å². The average Bonchev–Trinajstić information content (AvgIpc) is 2.36. The third-order valence-electron chi connectivity index (χ3n) is 2.64. The van der Waals surface area contributed by atoms with Crippen molar-refractivity contribution in [3.8, 4) is 0 Å². The van der Waals surface area contributed by atoms with E-state index in [2.05, 4.69) is 5.32 Å². The highest BCUT2D eigenvalue weighted by Crippen LogP contribution is 2.27. The van der Waals surface area contributed by atoms with Gasteiger partial charge in [-0.3, -0.25) is 10.1 Å². The van der Waals surface area contributed by atoms with Crippen LogP contribution in [0.4, 0.5) is 16.2 Å². The fraction of sp³-hybridized carbons (Fsp3) is 0.364. The molecule has 7 nitrogen and oxygen atoms in total. The van der Waals surface area contributed by atoms with E-state index in [1.165, 1.54) is 30.1 Å². The number of amides is 2. The number of rotatable bonds is 4. The van der Waals surface area contributed by atoms with Gasteiger partial charge in [0.25, 0.3) is 5.69 Å². The first-order valence-electron chi connectivity index (χ1n) is 5.45. The van der Waals surface area contributed by atoms with Crippen molar-refractivity contribution in [3.05, 3.63) is 33.3 Å². The lowest BCUT2D eigenvalue weighted by atomic mass is 10.3. The number of nitro benzene ring substituents is 1. The van der Waals surface area contributed by atoms with Crippen LogP contribution in [0.15, 0.2) is 18.2 Å². The van der Waals surface area contributed by atoms with E-state index >= 15 is 0 Å². The fourth-order valence-corrected chi connectivity index (χ4v) is 1.52. The van der Waals surface area contributed by atoms with Gasteiger partial charge in [-0.1, -0.05) is 11.6 Å². The van der Waals surface area contributed by atoms with E-state index in [1.54, 1.807) is 6.92 Å². The van der Waals surface area contributed by atoms with Crippen molar-refractivity contribution < 1.29 is 14.8 Å². The number of aliphatic hydroxyl groups is 1. The zero-order valence-corrected chi connectivity index (χ0v) is 11.2. The van der Waals surface area contributed by atoms with Crippen molar-refractivity contribution >= 4 is 29.0 Å². The Balaban J connectivity index is 2.81. The average molecular weight is 288 g/mol. The Morgan fingerprint density at radius 3 is 2.74 bits per heavy atom. The molecule has 1 unspecified atom stereocenters. The number of likely N-dealkylation sites (N-methyl/N-ethyl adjacent to an activating group) is 1. The quantitative estimate of drug-likeness (QED) is 0.654. The first-order valence-corrected chi connectivity index (χ1v) is 5.83. The molecule has 0 heterocycles. The number of nitro groups is 1. The third-order valence-corrected chi connectivity index (χ3v) is 2.94. The van der Waals surface area contributed by atoms with Crippen molar-refractivity contribution in [2.24, 2.45) is 0 Å². The molecule has 8 heteroatoms. The molecule has 2 N–H and O–H groups in total. The van der Waals surface area contributed by atoms with Crippen LogP contribution in [0.2, 0.25) is 5.02 Å². The lowest BCUT2D eigenvalue weighted by Crippen LogP contribution is -2.40. The van der Waals surface area contributed by atoms with Gasteiger partial charge in [-0.2, -0.15) is 0 Å². The Hall–Kier alpha value is -1.86. The highest BCUT2D eigenvalue weighted by atomic mass is 35.5. The van der Waals surface area contributed by atoms with Gasteiger partial charge in [0, 0.05) is 18.8 Å². The lowest BCUT2D eigenvalue weighted by Gasteiger charge is -2.23. The molecule has 0 bridgehead atoms. The van der Waals surface area contributed by atoms with Crippen LogP contribution in [-0.4, -0.2) is 40.7 Å². The van der Waals surface area contributed by atoms with Crippen LogP contribution in [0.5, 0.6) is 0 Å². The summed E-state index contributed by atoms with van der Waals surface area (Å²) in [5.41, 5.74) is 0.120. The summed E-state index contributed by atoms with van der Waals surface area (Å²) in [6, 6.07) is 3.13. The van der Waals surface area contributed by atoms with Crippen LogP contribution < -0.4 is 5.32 Å². The fourth-order valence-electron chi connectivity index (χ4n) is 1.27. The number of halogens is 1. The molecule has 104 valence electrons. The molecule has 0 saturated carbocycles. The third kappa shape index (κ3) is 3.80. The Kier molecular flexibility index (Phi) is 5.08. The Morgan fingerprint density at radius 1 is 1.63 bits per heavy atom. The summed E-state index contributed by atoms with van der Waals surface area (Å²) >= 11 is 5.73. The number of hydrogen-bond acceptors (Lipinski definition) is 4. The minimum Gasteiger partial charge on any atom is -0.394 e. The van der Waals surface area contributed by atoms with Gasteiger partial charge in [0.1, 0.15) is 5.02 Å². The lowest BCUT2D eigenvalue weighted by molar-refractivity contribution is -0.384. The second-order valence-corrected chi connectivity index (χ2v) is 4.40. The molecule has 0 radical (unpaired) electrons. The molecule has 0 spiro atoms. The van der Waals surface area contributed by atoms with E-state index in [0.29, 0.717) is 5.69 Å². The minimum atomic E-state index is -0.603. The summed E-state index contributed by atoms with van der Waals surface area (Å²) in [7, 11) is 1.53. The van der Waals surface area contributed by atoms with Gasteiger partial charge in [-0.05, 0) is 19.1 Å². The van der Waals surface area contributed by atoms with E-state index in [4.69, 9.17) is 16.7 Å². The van der Waals surface area contributed by atoms with Crippen LogP contribution in [0, 0.1) is 10.1 Å². The number of aliphatic hydroxyl groups excluding tert-OH is 1. The first kappa shape index (κ1) is 15.2. The Bertz CT molecular complexity index is 495. The largest absolute Gasteiger partial charge is 0.394 e. The van der Waals surface area contributed by atoms with Crippen molar-refractivity contribution in [2.75, 3.05) is 19.0 Å². The van der Waals surface area contributed by atoms with Gasteiger partial charge in [0.15, 0.2) is 0 Å². The molecule has 1 aromatic carbocycles. The monoisotopic (exact) mass is 287 g/mol. The minimum absolute atomic E-state index is 0.0549. The van der Waals surface area contributed by atoms with Crippen LogP contribution in [0.1, 0.15) is 6.92 Å². The van der Waals surface area contributed by atoms with Crippen LogP contribution in [0.3, 0.4) is 0 Å². The van der Waals surface area contributed by atoms with Gasteiger partial charge in [0.05, 0.1) is 17.6 Å². The van der Waals surface area contributed by atoms with E-state index in [9.17, 15) is 14.9 Å². The molecule has 2 amide bonds. The van der Waals surface area contributed by atoms with Crippen LogP contribution in [-0.2, 0) is 0 Å². The summed E-state index contributed by atoms with van der Waals surface area (Å²) in [6.45, 7) is 1.52. The number of carbonyl (C=O) groups excluding carboxylic acids is 1. The number of anilines is 1. The first-order chi connectivity index (χ1) is 8.86. The molecule has 0 aliphatic rings. The molecule has 1 rings (SSSR count). The molecule has 0 saturated heterocycles. The number of nitrogens with zero attached hydrogens (tertiary/aromatic N) is 2. The van der Waals surface area contributed by atoms with Crippen molar-refractivity contribution in [1.29, 1.82) is 0 Å². The van der Waals surface area contributed by atoms with Crippen LogP contribution in [0.25, 0.3) is 0 Å². The van der Waals surface area contributed by atoms with E-state index < -0.39 is 11.0 Å². The van der Waals surface area contributed by atoms with Gasteiger partial charge in [-0.25, -0.2) is 4.79 Å². The van der Waals surface area contributed by atoms with E-state index in [0.717, 1.165) is 0 Å². The standard InChI is InChI=1S/C11H14ClN3O4/c1-7(6-16)14(2)11(17)13-8-3-4-10(15(18)19)9(12)5-8/h3-5,7,16H,6H2,1-2H3,(H,13,17). The van der Waals surface area contributed by atoms with Crippen molar-refractivity contribution in [3.63, 3.8) is 0 Å². The Labute approximate surface area is 114 Å².